The van der Waals surface area contributed by atoms with Gasteiger partial charge in [0.05, 0.1) is 24.8 Å². The number of aromatic nitrogens is 2. The van der Waals surface area contributed by atoms with Gasteiger partial charge in [0.25, 0.3) is 0 Å². The van der Waals surface area contributed by atoms with E-state index in [0.717, 1.165) is 52.1 Å². The number of fused-ring (bicyclic) bond motifs is 1. The summed E-state index contributed by atoms with van der Waals surface area (Å²) in [6.07, 6.45) is 5.18. The van der Waals surface area contributed by atoms with Gasteiger partial charge in [-0.3, -0.25) is 0 Å². The highest BCUT2D eigenvalue weighted by molar-refractivity contribution is 7.13. The SMILES string of the molecule is Nc1ncc(-c2cc3c(c(C4CCCN4C(=O)O)c2)COCC3)cc1-c1nccs1. The Morgan fingerprint density at radius 1 is 1.27 bits per heavy atom. The Morgan fingerprint density at radius 3 is 2.97 bits per heavy atom. The summed E-state index contributed by atoms with van der Waals surface area (Å²) in [6.45, 7) is 1.77. The van der Waals surface area contributed by atoms with E-state index in [1.165, 1.54) is 16.9 Å². The number of benzene rings is 1. The van der Waals surface area contributed by atoms with Crippen molar-refractivity contribution in [3.8, 4) is 21.7 Å². The molecule has 1 fully saturated rings. The van der Waals surface area contributed by atoms with Crippen LogP contribution in [0.25, 0.3) is 21.7 Å². The van der Waals surface area contributed by atoms with E-state index in [4.69, 9.17) is 10.5 Å². The first-order valence-corrected chi connectivity index (χ1v) is 10.9. The van der Waals surface area contributed by atoms with Crippen molar-refractivity contribution < 1.29 is 14.6 Å². The summed E-state index contributed by atoms with van der Waals surface area (Å²) in [5.41, 5.74) is 12.3. The first-order chi connectivity index (χ1) is 14.6. The molecule has 4 heterocycles. The van der Waals surface area contributed by atoms with Crippen LogP contribution >= 0.6 is 11.3 Å². The minimum absolute atomic E-state index is 0.141. The Kier molecular flexibility index (Phi) is 4.88. The van der Waals surface area contributed by atoms with Crippen molar-refractivity contribution in [3.63, 3.8) is 0 Å². The summed E-state index contributed by atoms with van der Waals surface area (Å²) in [5.74, 6) is 0.452. The topological polar surface area (TPSA) is 102 Å². The molecule has 3 N–H and O–H groups in total. The van der Waals surface area contributed by atoms with Crippen LogP contribution in [0.5, 0.6) is 0 Å². The van der Waals surface area contributed by atoms with Crippen molar-refractivity contribution >= 4 is 23.2 Å². The number of hydrogen-bond donors (Lipinski definition) is 2. The zero-order valence-electron chi connectivity index (χ0n) is 16.4. The molecule has 8 heteroatoms. The van der Waals surface area contributed by atoms with Gasteiger partial charge in [0.15, 0.2) is 0 Å². The summed E-state index contributed by atoms with van der Waals surface area (Å²) in [4.78, 5) is 22.1. The average Bonchev–Trinajstić information content (AvgIpc) is 3.45. The second kappa shape index (κ2) is 7.70. The number of ether oxygens (including phenoxy) is 1. The van der Waals surface area contributed by atoms with Crippen molar-refractivity contribution in [2.24, 2.45) is 0 Å². The fourth-order valence-corrected chi connectivity index (χ4v) is 5.12. The van der Waals surface area contributed by atoms with Crippen LogP contribution in [0.2, 0.25) is 0 Å². The summed E-state index contributed by atoms with van der Waals surface area (Å²) in [6, 6.07) is 6.17. The van der Waals surface area contributed by atoms with Gasteiger partial charge in [0, 0.05) is 29.9 Å². The highest BCUT2D eigenvalue weighted by Gasteiger charge is 2.33. The molecule has 0 radical (unpaired) electrons. The fraction of sp³-hybridized carbons (Fsp3) is 0.318. The number of nitrogen functional groups attached to an aromatic ring is 1. The van der Waals surface area contributed by atoms with Crippen LogP contribution in [0.1, 0.15) is 35.6 Å². The standard InChI is InChI=1S/C22H22N4O3S/c23-20-17(21-24-4-7-30-21)10-15(11-25-20)14-8-13-3-6-29-12-18(13)16(9-14)19-2-1-5-26(19)22(27)28/h4,7-11,19H,1-3,5-6,12H2,(H2,23,25)(H,27,28). The third kappa shape index (κ3) is 3.32. The quantitative estimate of drug-likeness (QED) is 0.651. The molecule has 0 spiro atoms. The molecule has 2 aromatic heterocycles. The van der Waals surface area contributed by atoms with Gasteiger partial charge in [0.1, 0.15) is 10.8 Å². The molecule has 5 rings (SSSR count). The van der Waals surface area contributed by atoms with Crippen LogP contribution in [0, 0.1) is 0 Å². The largest absolute Gasteiger partial charge is 0.465 e. The monoisotopic (exact) mass is 422 g/mol. The molecule has 0 aliphatic carbocycles. The van der Waals surface area contributed by atoms with Crippen LogP contribution in [-0.4, -0.2) is 39.2 Å². The van der Waals surface area contributed by atoms with Crippen LogP contribution in [0.4, 0.5) is 10.6 Å². The van der Waals surface area contributed by atoms with Crippen LogP contribution in [0.15, 0.2) is 36.0 Å². The number of thiazole rings is 1. The summed E-state index contributed by atoms with van der Waals surface area (Å²) in [7, 11) is 0. The van der Waals surface area contributed by atoms with Crippen LogP contribution in [0.3, 0.4) is 0 Å². The lowest BCUT2D eigenvalue weighted by Gasteiger charge is -2.28. The number of nitrogens with two attached hydrogens (primary N) is 1. The number of amides is 1. The zero-order valence-corrected chi connectivity index (χ0v) is 17.2. The number of likely N-dealkylation sites (tertiary alicyclic amines) is 1. The minimum Gasteiger partial charge on any atom is -0.465 e. The van der Waals surface area contributed by atoms with Crippen molar-refractivity contribution in [1.29, 1.82) is 0 Å². The van der Waals surface area contributed by atoms with Gasteiger partial charge in [-0.15, -0.1) is 11.3 Å². The second-order valence-corrected chi connectivity index (χ2v) is 8.53. The Morgan fingerprint density at radius 2 is 2.17 bits per heavy atom. The molecule has 154 valence electrons. The Labute approximate surface area is 178 Å². The fourth-order valence-electron chi connectivity index (χ4n) is 4.46. The summed E-state index contributed by atoms with van der Waals surface area (Å²) >= 11 is 1.52. The summed E-state index contributed by atoms with van der Waals surface area (Å²) in [5, 5.41) is 12.4. The van der Waals surface area contributed by atoms with Gasteiger partial charge in [0.2, 0.25) is 0 Å². The lowest BCUT2D eigenvalue weighted by Crippen LogP contribution is -2.30. The molecular weight excluding hydrogens is 400 g/mol. The lowest BCUT2D eigenvalue weighted by molar-refractivity contribution is 0.107. The van der Waals surface area contributed by atoms with Gasteiger partial charge >= 0.3 is 6.09 Å². The lowest BCUT2D eigenvalue weighted by atomic mass is 9.88. The molecule has 1 unspecified atom stereocenters. The van der Waals surface area contributed by atoms with Gasteiger partial charge in [-0.05, 0) is 53.6 Å². The predicted molar refractivity (Wildman–Crippen MR) is 115 cm³/mol. The minimum atomic E-state index is -0.867. The molecule has 2 aliphatic heterocycles. The van der Waals surface area contributed by atoms with Crippen LogP contribution in [-0.2, 0) is 17.8 Å². The highest BCUT2D eigenvalue weighted by Crippen LogP contribution is 2.40. The van der Waals surface area contributed by atoms with E-state index in [2.05, 4.69) is 22.1 Å². The van der Waals surface area contributed by atoms with Crippen molar-refractivity contribution in [3.05, 3.63) is 52.7 Å². The average molecular weight is 423 g/mol. The number of hydrogen-bond acceptors (Lipinski definition) is 6. The Hall–Kier alpha value is -2.97. The van der Waals surface area contributed by atoms with E-state index >= 15 is 0 Å². The molecule has 1 atom stereocenters. The molecule has 0 bridgehead atoms. The number of pyridine rings is 1. The second-order valence-electron chi connectivity index (χ2n) is 7.63. The van der Waals surface area contributed by atoms with Gasteiger partial charge in [-0.2, -0.15) is 0 Å². The number of rotatable bonds is 3. The smallest absolute Gasteiger partial charge is 0.407 e. The van der Waals surface area contributed by atoms with Crippen molar-refractivity contribution in [1.82, 2.24) is 14.9 Å². The molecule has 3 aromatic rings. The van der Waals surface area contributed by atoms with Crippen LogP contribution < -0.4 is 5.73 Å². The maximum Gasteiger partial charge on any atom is 0.407 e. The van der Waals surface area contributed by atoms with Gasteiger partial charge in [-0.25, -0.2) is 14.8 Å². The Balaban J connectivity index is 1.63. The molecule has 0 saturated carbocycles. The number of anilines is 1. The van der Waals surface area contributed by atoms with E-state index in [1.807, 2.05) is 11.4 Å². The third-order valence-corrected chi connectivity index (χ3v) is 6.72. The molecule has 1 amide bonds. The van der Waals surface area contributed by atoms with E-state index in [9.17, 15) is 9.90 Å². The normalized spacial score (nSPS) is 18.4. The predicted octanol–water partition coefficient (Wildman–Crippen LogP) is 4.34. The maximum atomic E-state index is 11.8. The highest BCUT2D eigenvalue weighted by atomic mass is 32.1. The maximum absolute atomic E-state index is 11.8. The first-order valence-electron chi connectivity index (χ1n) is 10.0. The van der Waals surface area contributed by atoms with E-state index in [1.54, 1.807) is 17.3 Å². The molecule has 7 nitrogen and oxygen atoms in total. The molecule has 1 saturated heterocycles. The number of carbonyl (C=O) groups is 1. The van der Waals surface area contributed by atoms with E-state index in [-0.39, 0.29) is 6.04 Å². The van der Waals surface area contributed by atoms with Crippen molar-refractivity contribution in [2.45, 2.75) is 31.9 Å². The van der Waals surface area contributed by atoms with Crippen molar-refractivity contribution in [2.75, 3.05) is 18.9 Å². The molecule has 1 aromatic carbocycles. The summed E-state index contributed by atoms with van der Waals surface area (Å²) < 4.78 is 5.72. The number of carboxylic acid groups (broad SMARTS) is 1. The van der Waals surface area contributed by atoms with Gasteiger partial charge < -0.3 is 20.5 Å². The first kappa shape index (κ1) is 19.0. The number of nitrogens with zero attached hydrogens (tertiary/aromatic N) is 3. The Bertz CT molecular complexity index is 1100. The molecule has 2 aliphatic rings. The molecular formula is C22H22N4O3S. The van der Waals surface area contributed by atoms with E-state index in [0.29, 0.717) is 25.6 Å². The van der Waals surface area contributed by atoms with E-state index < -0.39 is 6.09 Å². The zero-order chi connectivity index (χ0) is 20.7. The molecule has 30 heavy (non-hydrogen) atoms. The van der Waals surface area contributed by atoms with Gasteiger partial charge in [-0.1, -0.05) is 6.07 Å². The third-order valence-electron chi connectivity index (χ3n) is 5.91.